The first-order valence-corrected chi connectivity index (χ1v) is 9.03. The Labute approximate surface area is 126 Å². The second kappa shape index (κ2) is 7.77. The molecule has 1 aliphatic rings. The van der Waals surface area contributed by atoms with Crippen molar-refractivity contribution in [3.63, 3.8) is 0 Å². The minimum atomic E-state index is -3.46. The van der Waals surface area contributed by atoms with E-state index in [9.17, 15) is 8.42 Å². The van der Waals surface area contributed by atoms with Crippen LogP contribution < -0.4 is 15.2 Å². The molecular formula is C15H24N2O3S. The van der Waals surface area contributed by atoms with Gasteiger partial charge in [0.1, 0.15) is 5.75 Å². The van der Waals surface area contributed by atoms with E-state index in [0.29, 0.717) is 5.92 Å². The molecule has 21 heavy (non-hydrogen) atoms. The van der Waals surface area contributed by atoms with Crippen molar-refractivity contribution in [3.8, 4) is 5.75 Å². The van der Waals surface area contributed by atoms with Crippen molar-refractivity contribution in [2.45, 2.75) is 37.0 Å². The zero-order valence-electron chi connectivity index (χ0n) is 12.3. The smallest absolute Gasteiger partial charge is 0.240 e. The van der Waals surface area contributed by atoms with Gasteiger partial charge in [-0.2, -0.15) is 0 Å². The summed E-state index contributed by atoms with van der Waals surface area (Å²) in [5.74, 6) is 1.35. The van der Waals surface area contributed by atoms with Gasteiger partial charge in [0.15, 0.2) is 0 Å². The van der Waals surface area contributed by atoms with Gasteiger partial charge in [-0.3, -0.25) is 0 Å². The van der Waals surface area contributed by atoms with Crippen molar-refractivity contribution in [2.24, 2.45) is 11.7 Å². The maximum atomic E-state index is 11.9. The number of nitrogens with two attached hydrogens (primary N) is 1. The second-order valence-electron chi connectivity index (χ2n) is 5.47. The van der Waals surface area contributed by atoms with E-state index < -0.39 is 10.0 Å². The van der Waals surface area contributed by atoms with Gasteiger partial charge in [-0.1, -0.05) is 19.3 Å². The maximum Gasteiger partial charge on any atom is 0.240 e. The van der Waals surface area contributed by atoms with E-state index in [2.05, 4.69) is 4.72 Å². The van der Waals surface area contributed by atoms with Crippen LogP contribution >= 0.6 is 0 Å². The molecule has 0 unspecified atom stereocenters. The first kappa shape index (κ1) is 16.3. The number of benzene rings is 1. The van der Waals surface area contributed by atoms with Crippen LogP contribution in [0.25, 0.3) is 0 Å². The molecule has 0 aliphatic heterocycles. The van der Waals surface area contributed by atoms with E-state index in [-0.39, 0.29) is 18.0 Å². The molecule has 1 aromatic rings. The van der Waals surface area contributed by atoms with E-state index >= 15 is 0 Å². The Morgan fingerprint density at radius 2 is 1.81 bits per heavy atom. The molecule has 118 valence electrons. The molecule has 3 N–H and O–H groups in total. The van der Waals surface area contributed by atoms with E-state index in [1.54, 1.807) is 24.3 Å². The number of ether oxygens (including phenoxy) is 1. The Bertz CT molecular complexity index is 522. The highest BCUT2D eigenvalue weighted by atomic mass is 32.2. The molecule has 0 aromatic heterocycles. The van der Waals surface area contributed by atoms with E-state index in [0.717, 1.165) is 12.4 Å². The van der Waals surface area contributed by atoms with Gasteiger partial charge in [-0.05, 0) is 43.0 Å². The minimum Gasteiger partial charge on any atom is -0.493 e. The molecule has 0 bridgehead atoms. The molecule has 0 atom stereocenters. The summed E-state index contributed by atoms with van der Waals surface area (Å²) in [6.45, 7) is 1.24. The molecule has 1 aromatic carbocycles. The predicted octanol–water partition coefficient (Wildman–Crippen LogP) is 1.88. The van der Waals surface area contributed by atoms with Crippen molar-refractivity contribution in [1.29, 1.82) is 0 Å². The van der Waals surface area contributed by atoms with Gasteiger partial charge >= 0.3 is 0 Å². The zero-order chi connectivity index (χ0) is 15.1. The average Bonchev–Trinajstić information content (AvgIpc) is 2.52. The largest absolute Gasteiger partial charge is 0.493 e. The third-order valence-electron chi connectivity index (χ3n) is 3.78. The van der Waals surface area contributed by atoms with Crippen LogP contribution in [-0.2, 0) is 10.0 Å². The number of nitrogens with one attached hydrogen (secondary N) is 1. The van der Waals surface area contributed by atoms with Gasteiger partial charge < -0.3 is 10.5 Å². The molecule has 0 spiro atoms. The highest BCUT2D eigenvalue weighted by molar-refractivity contribution is 7.89. The van der Waals surface area contributed by atoms with Crippen LogP contribution in [0.2, 0.25) is 0 Å². The molecule has 0 saturated heterocycles. The summed E-state index contributed by atoms with van der Waals surface area (Å²) in [7, 11) is -3.46. The molecule has 2 rings (SSSR count). The van der Waals surface area contributed by atoms with Crippen LogP contribution in [0.3, 0.4) is 0 Å². The number of hydrogen-bond donors (Lipinski definition) is 2. The van der Waals surface area contributed by atoms with Crippen molar-refractivity contribution < 1.29 is 13.2 Å². The van der Waals surface area contributed by atoms with Crippen LogP contribution in [0.5, 0.6) is 5.75 Å². The third-order valence-corrected chi connectivity index (χ3v) is 5.26. The first-order valence-electron chi connectivity index (χ1n) is 7.54. The average molecular weight is 312 g/mol. The number of hydrogen-bond acceptors (Lipinski definition) is 4. The fraction of sp³-hybridized carbons (Fsp3) is 0.600. The maximum absolute atomic E-state index is 11.9. The van der Waals surface area contributed by atoms with Gasteiger partial charge in [0.05, 0.1) is 11.5 Å². The lowest BCUT2D eigenvalue weighted by Gasteiger charge is -2.21. The molecule has 0 radical (unpaired) electrons. The quantitative estimate of drug-likeness (QED) is 0.805. The number of sulfonamides is 1. The lowest BCUT2D eigenvalue weighted by molar-refractivity contribution is 0.209. The SMILES string of the molecule is NCCNS(=O)(=O)c1ccc(OCC2CCCCC2)cc1. The Kier molecular flexibility index (Phi) is 6.02. The second-order valence-corrected chi connectivity index (χ2v) is 7.24. The van der Waals surface area contributed by atoms with Gasteiger partial charge in [-0.15, -0.1) is 0 Å². The van der Waals surface area contributed by atoms with Crippen molar-refractivity contribution >= 4 is 10.0 Å². The minimum absolute atomic E-state index is 0.237. The fourth-order valence-corrected chi connectivity index (χ4v) is 3.61. The molecule has 6 heteroatoms. The van der Waals surface area contributed by atoms with Crippen molar-refractivity contribution in [2.75, 3.05) is 19.7 Å². The normalized spacial score (nSPS) is 16.8. The summed E-state index contributed by atoms with van der Waals surface area (Å²) in [5.41, 5.74) is 5.30. The molecular weight excluding hydrogens is 288 g/mol. The third kappa shape index (κ3) is 4.98. The Morgan fingerprint density at radius 1 is 1.14 bits per heavy atom. The predicted molar refractivity (Wildman–Crippen MR) is 82.8 cm³/mol. The van der Waals surface area contributed by atoms with Crippen LogP contribution in [0, 0.1) is 5.92 Å². The molecule has 5 nitrogen and oxygen atoms in total. The van der Waals surface area contributed by atoms with Crippen LogP contribution in [0.1, 0.15) is 32.1 Å². The molecule has 1 fully saturated rings. The standard InChI is InChI=1S/C15H24N2O3S/c16-10-11-17-21(18,19)15-8-6-14(7-9-15)20-12-13-4-2-1-3-5-13/h6-9,13,17H,1-5,10-12,16H2. The van der Waals surface area contributed by atoms with E-state index in [1.165, 1.54) is 32.1 Å². The van der Waals surface area contributed by atoms with E-state index in [1.807, 2.05) is 0 Å². The Balaban J connectivity index is 1.89. The van der Waals surface area contributed by atoms with E-state index in [4.69, 9.17) is 10.5 Å². The molecule has 1 aliphatic carbocycles. The summed E-state index contributed by atoms with van der Waals surface area (Å²) < 4.78 is 32.0. The van der Waals surface area contributed by atoms with Crippen LogP contribution in [0.15, 0.2) is 29.2 Å². The van der Waals surface area contributed by atoms with Crippen molar-refractivity contribution in [1.82, 2.24) is 4.72 Å². The lowest BCUT2D eigenvalue weighted by atomic mass is 9.90. The molecule has 0 heterocycles. The number of rotatable bonds is 7. The first-order chi connectivity index (χ1) is 10.1. The van der Waals surface area contributed by atoms with Gasteiger partial charge in [0, 0.05) is 13.1 Å². The summed E-state index contributed by atoms with van der Waals surface area (Å²) in [6.07, 6.45) is 6.37. The highest BCUT2D eigenvalue weighted by Gasteiger charge is 2.15. The van der Waals surface area contributed by atoms with Gasteiger partial charge in [0.25, 0.3) is 0 Å². The Morgan fingerprint density at radius 3 is 2.43 bits per heavy atom. The zero-order valence-corrected chi connectivity index (χ0v) is 13.1. The monoisotopic (exact) mass is 312 g/mol. The fourth-order valence-electron chi connectivity index (χ4n) is 2.56. The molecule has 1 saturated carbocycles. The van der Waals surface area contributed by atoms with Crippen LogP contribution in [0.4, 0.5) is 0 Å². The van der Waals surface area contributed by atoms with Crippen LogP contribution in [-0.4, -0.2) is 28.1 Å². The summed E-state index contributed by atoms with van der Waals surface area (Å²) in [4.78, 5) is 0.237. The highest BCUT2D eigenvalue weighted by Crippen LogP contribution is 2.25. The lowest BCUT2D eigenvalue weighted by Crippen LogP contribution is -2.29. The summed E-state index contributed by atoms with van der Waals surface area (Å²) in [6, 6.07) is 6.55. The summed E-state index contributed by atoms with van der Waals surface area (Å²) >= 11 is 0. The van der Waals surface area contributed by atoms with Gasteiger partial charge in [0.2, 0.25) is 10.0 Å². The Hall–Kier alpha value is -1.11. The topological polar surface area (TPSA) is 81.4 Å². The van der Waals surface area contributed by atoms with Gasteiger partial charge in [-0.25, -0.2) is 13.1 Å². The summed E-state index contributed by atoms with van der Waals surface area (Å²) in [5, 5.41) is 0. The van der Waals surface area contributed by atoms with Crippen molar-refractivity contribution in [3.05, 3.63) is 24.3 Å². The molecule has 0 amide bonds.